The third kappa shape index (κ3) is 3.09. The molecule has 2 heterocycles. The van der Waals surface area contributed by atoms with Gasteiger partial charge < -0.3 is 14.7 Å². The van der Waals surface area contributed by atoms with E-state index < -0.39 is 17.4 Å². The molecule has 4 rings (SSSR count). The molecule has 0 bridgehead atoms. The molecule has 0 saturated carbocycles. The van der Waals surface area contributed by atoms with E-state index in [2.05, 4.69) is 9.97 Å². The van der Waals surface area contributed by atoms with Crippen LogP contribution >= 0.6 is 0 Å². The summed E-state index contributed by atoms with van der Waals surface area (Å²) in [5.41, 5.74) is 1.31. The summed E-state index contributed by atoms with van der Waals surface area (Å²) in [6.07, 6.45) is 6.06. The Hall–Kier alpha value is -2.70. The van der Waals surface area contributed by atoms with Crippen LogP contribution in [0.2, 0.25) is 0 Å². The van der Waals surface area contributed by atoms with Crippen LogP contribution in [0, 0.1) is 5.82 Å². The molecule has 1 aliphatic heterocycles. The van der Waals surface area contributed by atoms with Gasteiger partial charge in [-0.3, -0.25) is 0 Å². The minimum atomic E-state index is -1.26. The first-order valence-electron chi connectivity index (χ1n) is 8.82. The van der Waals surface area contributed by atoms with Crippen molar-refractivity contribution in [2.45, 2.75) is 37.7 Å². The van der Waals surface area contributed by atoms with Crippen molar-refractivity contribution in [2.24, 2.45) is 0 Å². The number of hydrogen-bond acceptors (Lipinski definition) is 5. The quantitative estimate of drug-likeness (QED) is 0.907. The third-order valence-corrected chi connectivity index (χ3v) is 5.23. The van der Waals surface area contributed by atoms with E-state index in [0.29, 0.717) is 37.6 Å². The molecule has 1 aliphatic carbocycles. The first kappa shape index (κ1) is 16.8. The van der Waals surface area contributed by atoms with Gasteiger partial charge >= 0.3 is 5.97 Å². The fourth-order valence-corrected chi connectivity index (χ4v) is 3.73. The van der Waals surface area contributed by atoms with Crippen LogP contribution < -0.4 is 9.64 Å². The van der Waals surface area contributed by atoms with Crippen LogP contribution in [-0.2, 0) is 17.6 Å². The van der Waals surface area contributed by atoms with Gasteiger partial charge in [-0.05, 0) is 42.5 Å². The summed E-state index contributed by atoms with van der Waals surface area (Å²) < 4.78 is 19.0. The molecule has 0 atom stereocenters. The number of hydrogen-bond donors (Lipinski definition) is 1. The molecule has 2 aromatic rings. The number of carboxylic acid groups (broad SMARTS) is 1. The lowest BCUT2D eigenvalue weighted by Crippen LogP contribution is -2.53. The summed E-state index contributed by atoms with van der Waals surface area (Å²) in [6.45, 7) is 0.867. The molecule has 0 spiro atoms. The number of piperidine rings is 1. The molecular weight excluding hydrogens is 337 g/mol. The lowest BCUT2D eigenvalue weighted by molar-refractivity contribution is -0.157. The summed E-state index contributed by atoms with van der Waals surface area (Å²) in [4.78, 5) is 21.8. The Bertz CT molecular complexity index is 817. The SMILES string of the molecule is O=C(O)C1(Oc2ccc3c(c2)CCC3)CCN(c2ncc(F)cn2)CC1. The molecule has 1 fully saturated rings. The highest BCUT2D eigenvalue weighted by Crippen LogP contribution is 2.33. The molecule has 26 heavy (non-hydrogen) atoms. The number of benzene rings is 1. The summed E-state index contributed by atoms with van der Waals surface area (Å²) in [7, 11) is 0. The van der Waals surface area contributed by atoms with E-state index in [4.69, 9.17) is 4.74 Å². The fraction of sp³-hybridized carbons (Fsp3) is 0.421. The maximum atomic E-state index is 13.0. The van der Waals surface area contributed by atoms with Gasteiger partial charge in [0.2, 0.25) is 11.5 Å². The van der Waals surface area contributed by atoms with E-state index in [1.54, 1.807) is 0 Å². The number of fused-ring (bicyclic) bond motifs is 1. The number of halogens is 1. The number of ether oxygens (including phenoxy) is 1. The normalized spacial score (nSPS) is 18.4. The van der Waals surface area contributed by atoms with E-state index in [0.717, 1.165) is 31.7 Å². The molecule has 1 aromatic heterocycles. The topological polar surface area (TPSA) is 75.6 Å². The molecule has 0 radical (unpaired) electrons. The highest BCUT2D eigenvalue weighted by molar-refractivity contribution is 5.78. The van der Waals surface area contributed by atoms with Crippen molar-refractivity contribution in [1.82, 2.24) is 9.97 Å². The predicted molar refractivity (Wildman–Crippen MR) is 92.9 cm³/mol. The van der Waals surface area contributed by atoms with Crippen LogP contribution in [0.4, 0.5) is 10.3 Å². The van der Waals surface area contributed by atoms with Gasteiger partial charge in [-0.1, -0.05) is 6.07 Å². The molecule has 136 valence electrons. The van der Waals surface area contributed by atoms with Crippen molar-refractivity contribution in [3.63, 3.8) is 0 Å². The molecule has 1 saturated heterocycles. The summed E-state index contributed by atoms with van der Waals surface area (Å²) in [5, 5.41) is 9.81. The van der Waals surface area contributed by atoms with Gasteiger partial charge in [0.25, 0.3) is 0 Å². The van der Waals surface area contributed by atoms with Crippen molar-refractivity contribution in [2.75, 3.05) is 18.0 Å². The second kappa shape index (κ2) is 6.55. The average Bonchev–Trinajstić information content (AvgIpc) is 3.11. The Balaban J connectivity index is 1.50. The van der Waals surface area contributed by atoms with Crippen LogP contribution in [0.5, 0.6) is 5.75 Å². The first-order chi connectivity index (χ1) is 12.6. The molecule has 0 unspecified atom stereocenters. The summed E-state index contributed by atoms with van der Waals surface area (Å²) in [6, 6.07) is 5.88. The number of rotatable bonds is 4. The zero-order valence-corrected chi connectivity index (χ0v) is 14.3. The van der Waals surface area contributed by atoms with Crippen LogP contribution in [-0.4, -0.2) is 39.7 Å². The molecule has 1 aromatic carbocycles. The highest BCUT2D eigenvalue weighted by Gasteiger charge is 2.44. The van der Waals surface area contributed by atoms with E-state index in [1.807, 2.05) is 23.1 Å². The zero-order valence-electron chi connectivity index (χ0n) is 14.3. The van der Waals surface area contributed by atoms with Crippen molar-refractivity contribution < 1.29 is 19.0 Å². The van der Waals surface area contributed by atoms with Crippen LogP contribution in [0.1, 0.15) is 30.4 Å². The molecular formula is C19H20FN3O3. The number of carboxylic acids is 1. The monoisotopic (exact) mass is 357 g/mol. The number of aliphatic carboxylic acids is 1. The molecule has 2 aliphatic rings. The van der Waals surface area contributed by atoms with Crippen molar-refractivity contribution in [1.29, 1.82) is 0 Å². The average molecular weight is 357 g/mol. The van der Waals surface area contributed by atoms with Crippen LogP contribution in [0.3, 0.4) is 0 Å². The van der Waals surface area contributed by atoms with Gasteiger partial charge in [-0.2, -0.15) is 0 Å². The fourth-order valence-electron chi connectivity index (χ4n) is 3.73. The molecule has 6 nitrogen and oxygen atoms in total. The van der Waals surface area contributed by atoms with Gasteiger partial charge in [0, 0.05) is 25.9 Å². The van der Waals surface area contributed by atoms with E-state index in [-0.39, 0.29) is 0 Å². The van der Waals surface area contributed by atoms with E-state index in [9.17, 15) is 14.3 Å². The Kier molecular flexibility index (Phi) is 4.22. The van der Waals surface area contributed by atoms with E-state index in [1.165, 1.54) is 11.1 Å². The number of nitrogens with zero attached hydrogens (tertiary/aromatic N) is 3. The number of anilines is 1. The minimum Gasteiger partial charge on any atom is -0.478 e. The summed E-state index contributed by atoms with van der Waals surface area (Å²) in [5.74, 6) is -0.439. The van der Waals surface area contributed by atoms with E-state index >= 15 is 0 Å². The van der Waals surface area contributed by atoms with Gasteiger partial charge in [-0.15, -0.1) is 0 Å². The van der Waals surface area contributed by atoms with Crippen molar-refractivity contribution in [3.8, 4) is 5.75 Å². The molecule has 1 N–H and O–H groups in total. The zero-order chi connectivity index (χ0) is 18.1. The maximum Gasteiger partial charge on any atom is 0.348 e. The molecule has 0 amide bonds. The number of carbonyl (C=O) groups is 1. The Morgan fingerprint density at radius 2 is 1.85 bits per heavy atom. The largest absolute Gasteiger partial charge is 0.478 e. The van der Waals surface area contributed by atoms with Crippen molar-refractivity contribution >= 4 is 11.9 Å². The smallest absolute Gasteiger partial charge is 0.348 e. The number of aromatic nitrogens is 2. The third-order valence-electron chi connectivity index (χ3n) is 5.23. The van der Waals surface area contributed by atoms with Gasteiger partial charge in [-0.25, -0.2) is 19.2 Å². The molecule has 7 heteroatoms. The van der Waals surface area contributed by atoms with Crippen molar-refractivity contribution in [3.05, 3.63) is 47.5 Å². The maximum absolute atomic E-state index is 13.0. The highest BCUT2D eigenvalue weighted by atomic mass is 19.1. The van der Waals surface area contributed by atoms with Gasteiger partial charge in [0.1, 0.15) is 5.75 Å². The van der Waals surface area contributed by atoms with Gasteiger partial charge in [0.15, 0.2) is 5.82 Å². The first-order valence-corrected chi connectivity index (χ1v) is 8.82. The Morgan fingerprint density at radius 1 is 1.15 bits per heavy atom. The van der Waals surface area contributed by atoms with Gasteiger partial charge in [0.05, 0.1) is 12.4 Å². The minimum absolute atomic E-state index is 0.306. The van der Waals surface area contributed by atoms with Crippen LogP contribution in [0.25, 0.3) is 0 Å². The standard InChI is InChI=1S/C19H20FN3O3/c20-15-11-21-18(22-12-15)23-8-6-19(7-9-23,17(24)25)26-16-5-4-13-2-1-3-14(13)10-16/h4-5,10-12H,1-3,6-9H2,(H,24,25). The second-order valence-corrected chi connectivity index (χ2v) is 6.87. The van der Waals surface area contributed by atoms with Crippen LogP contribution in [0.15, 0.2) is 30.6 Å². The Labute approximate surface area is 150 Å². The Morgan fingerprint density at radius 3 is 2.54 bits per heavy atom. The summed E-state index contributed by atoms with van der Waals surface area (Å²) >= 11 is 0. The lowest BCUT2D eigenvalue weighted by atomic mass is 9.91. The number of aryl methyl sites for hydroxylation is 2. The lowest BCUT2D eigenvalue weighted by Gasteiger charge is -2.38. The predicted octanol–water partition coefficient (Wildman–Crippen LogP) is 2.61. The second-order valence-electron chi connectivity index (χ2n) is 6.87.